The van der Waals surface area contributed by atoms with E-state index in [4.69, 9.17) is 26.7 Å². The summed E-state index contributed by atoms with van der Waals surface area (Å²) in [4.78, 5) is 15.9. The van der Waals surface area contributed by atoms with E-state index < -0.39 is 0 Å². The van der Waals surface area contributed by atoms with E-state index in [2.05, 4.69) is 32.3 Å². The number of rotatable bonds is 5. The largest absolute Gasteiger partial charge is 0.463 e. The SMILES string of the molecule is N=C(N=C(c1ccc(-c2cccc3cccc(Cl)c23)nc1)N1CC2CCC(C1)N2)OCCc1cccnc1. The summed E-state index contributed by atoms with van der Waals surface area (Å²) in [6, 6.07) is 20.8. The number of ether oxygens (including phenoxy) is 1. The van der Waals surface area contributed by atoms with Crippen molar-refractivity contribution in [2.24, 2.45) is 4.99 Å². The zero-order chi connectivity index (χ0) is 25.9. The van der Waals surface area contributed by atoms with Gasteiger partial charge in [0.2, 0.25) is 0 Å². The molecule has 4 heterocycles. The number of hydrogen-bond acceptors (Lipinski definition) is 5. The molecule has 6 rings (SSSR count). The summed E-state index contributed by atoms with van der Waals surface area (Å²) < 4.78 is 5.70. The monoisotopic (exact) mass is 524 g/mol. The lowest BCUT2D eigenvalue weighted by Gasteiger charge is -2.35. The molecule has 2 bridgehead atoms. The molecule has 0 radical (unpaired) electrons. The Kier molecular flexibility index (Phi) is 7.03. The third kappa shape index (κ3) is 5.26. The molecule has 2 unspecified atom stereocenters. The van der Waals surface area contributed by atoms with Crippen molar-refractivity contribution in [2.75, 3.05) is 19.7 Å². The van der Waals surface area contributed by atoms with E-state index in [1.807, 2.05) is 60.9 Å². The third-order valence-corrected chi connectivity index (χ3v) is 7.54. The van der Waals surface area contributed by atoms with Gasteiger partial charge in [-0.25, -0.2) is 5.41 Å². The number of aromatic nitrogens is 2. The van der Waals surface area contributed by atoms with Gasteiger partial charge in [0.25, 0.3) is 0 Å². The van der Waals surface area contributed by atoms with Gasteiger partial charge >= 0.3 is 6.02 Å². The van der Waals surface area contributed by atoms with Crippen molar-refractivity contribution in [2.45, 2.75) is 31.3 Å². The lowest BCUT2D eigenvalue weighted by Crippen LogP contribution is -2.53. The molecule has 2 aliphatic heterocycles. The lowest BCUT2D eigenvalue weighted by molar-refractivity contribution is 0.284. The zero-order valence-electron chi connectivity index (χ0n) is 21.0. The van der Waals surface area contributed by atoms with Crippen LogP contribution in [0, 0.1) is 5.41 Å². The first-order chi connectivity index (χ1) is 18.6. The smallest absolute Gasteiger partial charge is 0.310 e. The molecule has 0 amide bonds. The highest BCUT2D eigenvalue weighted by Gasteiger charge is 2.34. The van der Waals surface area contributed by atoms with Crippen LogP contribution in [0.3, 0.4) is 0 Å². The van der Waals surface area contributed by atoms with Crippen LogP contribution < -0.4 is 5.32 Å². The maximum Gasteiger partial charge on any atom is 0.310 e. The fourth-order valence-corrected chi connectivity index (χ4v) is 5.71. The molecule has 8 heteroatoms. The summed E-state index contributed by atoms with van der Waals surface area (Å²) in [6.07, 6.45) is 8.39. The molecule has 0 saturated carbocycles. The van der Waals surface area contributed by atoms with E-state index in [9.17, 15) is 0 Å². The highest BCUT2D eigenvalue weighted by atomic mass is 35.5. The second-order valence-corrected chi connectivity index (χ2v) is 10.2. The van der Waals surface area contributed by atoms with Crippen LogP contribution >= 0.6 is 11.6 Å². The molecule has 4 aromatic rings. The van der Waals surface area contributed by atoms with Crippen molar-refractivity contribution in [3.8, 4) is 11.3 Å². The van der Waals surface area contributed by atoms with E-state index in [1.54, 1.807) is 6.20 Å². The van der Waals surface area contributed by atoms with E-state index >= 15 is 0 Å². The van der Waals surface area contributed by atoms with E-state index in [1.165, 1.54) is 0 Å². The maximum atomic E-state index is 8.46. The van der Waals surface area contributed by atoms with Gasteiger partial charge < -0.3 is 15.0 Å². The number of amidine groups is 2. The minimum absolute atomic E-state index is 0.0975. The summed E-state index contributed by atoms with van der Waals surface area (Å²) in [5, 5.41) is 14.9. The molecule has 192 valence electrons. The molecule has 2 N–H and O–H groups in total. The van der Waals surface area contributed by atoms with E-state index in [0.29, 0.717) is 30.1 Å². The molecule has 0 spiro atoms. The molecule has 2 saturated heterocycles. The van der Waals surface area contributed by atoms with E-state index in [-0.39, 0.29) is 6.02 Å². The van der Waals surface area contributed by atoms with Crippen molar-refractivity contribution in [3.63, 3.8) is 0 Å². The molecule has 2 aliphatic rings. The van der Waals surface area contributed by atoms with Crippen molar-refractivity contribution in [3.05, 3.63) is 95.4 Å². The molecular weight excluding hydrogens is 496 g/mol. The number of fused-ring (bicyclic) bond motifs is 3. The average Bonchev–Trinajstić information content (AvgIpc) is 3.29. The van der Waals surface area contributed by atoms with Crippen LogP contribution in [0.25, 0.3) is 22.0 Å². The van der Waals surface area contributed by atoms with E-state index in [0.717, 1.165) is 64.9 Å². The lowest BCUT2D eigenvalue weighted by atomic mass is 10.0. The molecular formula is C30H29ClN6O. The summed E-state index contributed by atoms with van der Waals surface area (Å²) >= 11 is 6.57. The maximum absolute atomic E-state index is 8.46. The van der Waals surface area contributed by atoms with Gasteiger partial charge in [-0.2, -0.15) is 4.99 Å². The second kappa shape index (κ2) is 10.9. The number of piperazine rings is 1. The van der Waals surface area contributed by atoms with Gasteiger partial charge in [-0.3, -0.25) is 9.97 Å². The Labute approximate surface area is 227 Å². The number of pyridine rings is 2. The number of likely N-dealkylation sites (tertiary alicyclic amines) is 1. The Morgan fingerprint density at radius 1 is 1.03 bits per heavy atom. The number of nitrogens with zero attached hydrogens (tertiary/aromatic N) is 4. The average molecular weight is 525 g/mol. The summed E-state index contributed by atoms with van der Waals surface area (Å²) in [5.74, 6) is 0.727. The molecule has 2 atom stereocenters. The van der Waals surface area contributed by atoms with Gasteiger partial charge in [0.15, 0.2) is 0 Å². The van der Waals surface area contributed by atoms with Crippen molar-refractivity contribution < 1.29 is 4.74 Å². The van der Waals surface area contributed by atoms with Gasteiger partial charge in [0.1, 0.15) is 5.84 Å². The zero-order valence-corrected chi connectivity index (χ0v) is 21.7. The predicted octanol–water partition coefficient (Wildman–Crippen LogP) is 5.33. The van der Waals surface area contributed by atoms with Gasteiger partial charge in [0.05, 0.1) is 12.3 Å². The topological polar surface area (TPSA) is 86.5 Å². The van der Waals surface area contributed by atoms with Gasteiger partial charge in [-0.05, 0) is 48.1 Å². The van der Waals surface area contributed by atoms with Crippen LogP contribution in [-0.4, -0.2) is 58.5 Å². The second-order valence-electron chi connectivity index (χ2n) is 9.82. The first-order valence-corrected chi connectivity index (χ1v) is 13.4. The Balaban J connectivity index is 1.27. The molecule has 0 aliphatic carbocycles. The Hall–Kier alpha value is -3.81. The predicted molar refractivity (Wildman–Crippen MR) is 152 cm³/mol. The summed E-state index contributed by atoms with van der Waals surface area (Å²) in [7, 11) is 0. The normalized spacial score (nSPS) is 19.1. The Morgan fingerprint density at radius 3 is 2.58 bits per heavy atom. The number of halogens is 1. The molecule has 38 heavy (non-hydrogen) atoms. The standard InChI is InChI=1S/C30H29ClN6O/c31-26-8-2-6-21-5-1-7-25(28(21)26)27-12-9-22(17-34-27)29(37-18-23-10-11-24(19-37)35-23)36-30(32)38-15-13-20-4-3-14-33-16-20/h1-9,12,14,16-17,23-24,32,35H,10-11,13,15,18-19H2. The van der Waals surface area contributed by atoms with Crippen molar-refractivity contribution >= 4 is 34.2 Å². The van der Waals surface area contributed by atoms with Crippen molar-refractivity contribution in [1.29, 1.82) is 5.41 Å². The van der Waals surface area contributed by atoms with Crippen LogP contribution in [0.5, 0.6) is 0 Å². The number of nitrogens with one attached hydrogen (secondary N) is 2. The molecule has 2 aromatic heterocycles. The van der Waals surface area contributed by atoms with Crippen LogP contribution in [-0.2, 0) is 11.2 Å². The summed E-state index contributed by atoms with van der Waals surface area (Å²) in [5.41, 5.74) is 3.76. The highest BCUT2D eigenvalue weighted by Crippen LogP contribution is 2.33. The molecule has 2 fully saturated rings. The number of aliphatic imine (C=N–C) groups is 1. The molecule has 7 nitrogen and oxygen atoms in total. The first-order valence-electron chi connectivity index (χ1n) is 13.0. The fraction of sp³-hybridized carbons (Fsp3) is 0.267. The van der Waals surface area contributed by atoms with Crippen LogP contribution in [0.15, 0.2) is 84.2 Å². The number of hydrogen-bond donors (Lipinski definition) is 2. The minimum atomic E-state index is -0.0975. The van der Waals surface area contributed by atoms with Crippen LogP contribution in [0.4, 0.5) is 0 Å². The minimum Gasteiger partial charge on any atom is -0.463 e. The fourth-order valence-electron chi connectivity index (χ4n) is 5.42. The Morgan fingerprint density at radius 2 is 1.84 bits per heavy atom. The van der Waals surface area contributed by atoms with Gasteiger partial charge in [-0.15, -0.1) is 0 Å². The number of benzene rings is 2. The van der Waals surface area contributed by atoms with Crippen LogP contribution in [0.2, 0.25) is 5.02 Å². The molecule has 2 aromatic carbocycles. The Bertz CT molecular complexity index is 1460. The first kappa shape index (κ1) is 24.5. The quantitative estimate of drug-likeness (QED) is 0.272. The van der Waals surface area contributed by atoms with Crippen molar-refractivity contribution in [1.82, 2.24) is 20.2 Å². The highest BCUT2D eigenvalue weighted by molar-refractivity contribution is 6.36. The summed E-state index contributed by atoms with van der Waals surface area (Å²) in [6.45, 7) is 2.06. The third-order valence-electron chi connectivity index (χ3n) is 7.23. The van der Waals surface area contributed by atoms with Gasteiger partial charge in [0, 0.05) is 71.7 Å². The van der Waals surface area contributed by atoms with Gasteiger partial charge in [-0.1, -0.05) is 48.0 Å². The van der Waals surface area contributed by atoms with Crippen LogP contribution in [0.1, 0.15) is 24.0 Å².